The Morgan fingerprint density at radius 3 is 2.33 bits per heavy atom. The highest BCUT2D eigenvalue weighted by molar-refractivity contribution is 7.92. The van der Waals surface area contributed by atoms with Crippen LogP contribution < -0.4 is 10.1 Å². The Hall–Kier alpha value is -1.28. The molecule has 0 amide bonds. The lowest BCUT2D eigenvalue weighted by Gasteiger charge is -2.25. The molecule has 1 N–H and O–H groups in total. The van der Waals surface area contributed by atoms with Crippen LogP contribution in [-0.4, -0.2) is 38.6 Å². The maximum absolute atomic E-state index is 12.6. The second-order valence-electron chi connectivity index (χ2n) is 6.31. The van der Waals surface area contributed by atoms with E-state index in [0.29, 0.717) is 6.54 Å². The first-order valence-corrected chi connectivity index (χ1v) is 9.57. The van der Waals surface area contributed by atoms with Gasteiger partial charge in [0, 0.05) is 12.5 Å². The van der Waals surface area contributed by atoms with Crippen LogP contribution in [0.1, 0.15) is 25.8 Å². The largest absolute Gasteiger partial charge is 0.489 e. The van der Waals surface area contributed by atoms with Crippen molar-refractivity contribution in [3.8, 4) is 5.75 Å². The van der Waals surface area contributed by atoms with Gasteiger partial charge in [-0.1, -0.05) is 0 Å². The molecular formula is C16H22F3NO3S. The van der Waals surface area contributed by atoms with Gasteiger partial charge in [-0.05, 0) is 51.1 Å². The Labute approximate surface area is 140 Å². The fourth-order valence-corrected chi connectivity index (χ4v) is 3.76. The molecule has 2 rings (SSSR count). The molecule has 0 spiro atoms. The number of halogens is 3. The third-order valence-electron chi connectivity index (χ3n) is 4.21. The van der Waals surface area contributed by atoms with Crippen molar-refractivity contribution in [1.29, 1.82) is 0 Å². The van der Waals surface area contributed by atoms with Gasteiger partial charge in [0.05, 0.1) is 16.6 Å². The Morgan fingerprint density at radius 1 is 1.25 bits per heavy atom. The third kappa shape index (κ3) is 4.86. The number of hydrogen-bond donors (Lipinski definition) is 1. The summed E-state index contributed by atoms with van der Waals surface area (Å²) in [5, 5.41) is 2.64. The Morgan fingerprint density at radius 2 is 1.88 bits per heavy atom. The molecule has 0 bridgehead atoms. The normalized spacial score (nSPS) is 20.3. The number of benzene rings is 1. The molecule has 2 atom stereocenters. The van der Waals surface area contributed by atoms with Crippen molar-refractivity contribution >= 4 is 9.84 Å². The number of nitrogens with one attached hydrogen (secondary N) is 1. The average molecular weight is 365 g/mol. The smallest absolute Gasteiger partial charge is 0.416 e. The molecule has 1 aliphatic rings. The van der Waals surface area contributed by atoms with E-state index in [1.54, 1.807) is 13.8 Å². The van der Waals surface area contributed by atoms with Gasteiger partial charge in [-0.15, -0.1) is 0 Å². The molecule has 0 aliphatic carbocycles. The summed E-state index contributed by atoms with van der Waals surface area (Å²) in [6, 6.07) is 4.35. The summed E-state index contributed by atoms with van der Waals surface area (Å²) < 4.78 is 68.0. The summed E-state index contributed by atoms with van der Waals surface area (Å²) in [4.78, 5) is 0. The van der Waals surface area contributed by atoms with E-state index >= 15 is 0 Å². The lowest BCUT2D eigenvalue weighted by Crippen LogP contribution is -2.37. The monoisotopic (exact) mass is 365 g/mol. The zero-order chi connectivity index (χ0) is 18.0. The summed E-state index contributed by atoms with van der Waals surface area (Å²) in [6.07, 6.45) is -4.21. The highest BCUT2D eigenvalue weighted by atomic mass is 32.2. The van der Waals surface area contributed by atoms with Crippen molar-refractivity contribution in [3.63, 3.8) is 0 Å². The van der Waals surface area contributed by atoms with Gasteiger partial charge in [0.15, 0.2) is 9.84 Å². The fraction of sp³-hybridized carbons (Fsp3) is 0.625. The summed E-state index contributed by atoms with van der Waals surface area (Å²) in [5.74, 6) is 0.123. The highest BCUT2D eigenvalue weighted by Crippen LogP contribution is 2.31. The van der Waals surface area contributed by atoms with Crippen LogP contribution in [-0.2, 0) is 16.0 Å². The van der Waals surface area contributed by atoms with Crippen molar-refractivity contribution in [3.05, 3.63) is 29.8 Å². The Balaban J connectivity index is 2.16. The Kier molecular flexibility index (Phi) is 5.80. The van der Waals surface area contributed by atoms with E-state index in [1.807, 2.05) is 0 Å². The molecule has 1 aliphatic heterocycles. The van der Waals surface area contributed by atoms with Gasteiger partial charge >= 0.3 is 6.18 Å². The first-order valence-electron chi connectivity index (χ1n) is 7.86. The zero-order valence-electron chi connectivity index (χ0n) is 13.6. The summed E-state index contributed by atoms with van der Waals surface area (Å²) in [5.41, 5.74) is -0.760. The molecule has 1 saturated heterocycles. The highest BCUT2D eigenvalue weighted by Gasteiger charge is 2.33. The van der Waals surface area contributed by atoms with Crippen LogP contribution in [0.3, 0.4) is 0 Å². The molecule has 24 heavy (non-hydrogen) atoms. The van der Waals surface area contributed by atoms with Crippen LogP contribution in [0.4, 0.5) is 13.2 Å². The second-order valence-corrected chi connectivity index (χ2v) is 8.91. The first kappa shape index (κ1) is 19.1. The van der Waals surface area contributed by atoms with Crippen molar-refractivity contribution in [2.75, 3.05) is 18.8 Å². The van der Waals surface area contributed by atoms with Gasteiger partial charge in [0.25, 0.3) is 0 Å². The fourth-order valence-electron chi connectivity index (χ4n) is 2.58. The van der Waals surface area contributed by atoms with E-state index in [1.165, 1.54) is 12.1 Å². The van der Waals surface area contributed by atoms with Gasteiger partial charge in [-0.3, -0.25) is 0 Å². The van der Waals surface area contributed by atoms with E-state index in [4.69, 9.17) is 4.74 Å². The van der Waals surface area contributed by atoms with E-state index in [0.717, 1.165) is 25.1 Å². The van der Waals surface area contributed by atoms with Crippen LogP contribution in [0, 0.1) is 5.92 Å². The molecule has 1 heterocycles. The first-order chi connectivity index (χ1) is 11.1. The Bertz CT molecular complexity index is 636. The van der Waals surface area contributed by atoms with Gasteiger partial charge in [0.1, 0.15) is 11.9 Å². The van der Waals surface area contributed by atoms with Crippen molar-refractivity contribution < 1.29 is 26.3 Å². The number of sulfone groups is 1. The van der Waals surface area contributed by atoms with Crippen molar-refractivity contribution in [1.82, 2.24) is 5.32 Å². The molecular weight excluding hydrogens is 343 g/mol. The molecule has 1 fully saturated rings. The maximum atomic E-state index is 12.6. The average Bonchev–Trinajstić information content (AvgIpc) is 3.00. The summed E-state index contributed by atoms with van der Waals surface area (Å²) in [6.45, 7) is 4.63. The maximum Gasteiger partial charge on any atom is 0.416 e. The predicted octanol–water partition coefficient (Wildman–Crippen LogP) is 2.89. The predicted molar refractivity (Wildman–Crippen MR) is 85.8 cm³/mol. The molecule has 0 saturated carbocycles. The number of rotatable bonds is 6. The third-order valence-corrected chi connectivity index (χ3v) is 6.44. The molecule has 1 unspecified atom stereocenters. The standard InChI is InChI=1S/C16H22F3NO3S/c1-11(2)24(21,22)10-15(12-7-8-20-9-12)23-14-5-3-13(4-6-14)16(17,18)19/h3-6,11-12,15,20H,7-10H2,1-2H3/t12?,15-/m1/s1. The lowest BCUT2D eigenvalue weighted by molar-refractivity contribution is -0.137. The molecule has 1 aromatic carbocycles. The molecule has 0 radical (unpaired) electrons. The van der Waals surface area contributed by atoms with E-state index in [-0.39, 0.29) is 17.4 Å². The van der Waals surface area contributed by atoms with Crippen molar-refractivity contribution in [2.24, 2.45) is 5.92 Å². The lowest BCUT2D eigenvalue weighted by atomic mass is 10.0. The molecule has 136 valence electrons. The van der Waals surface area contributed by atoms with Crippen molar-refractivity contribution in [2.45, 2.75) is 37.8 Å². The SMILES string of the molecule is CC(C)S(=O)(=O)C[C@@H](Oc1ccc(C(F)(F)F)cc1)C1CCNC1. The van der Waals surface area contributed by atoms with Gasteiger partial charge in [-0.25, -0.2) is 8.42 Å². The topological polar surface area (TPSA) is 55.4 Å². The van der Waals surface area contributed by atoms with Gasteiger partial charge in [-0.2, -0.15) is 13.2 Å². The van der Waals surface area contributed by atoms with Crippen LogP contribution in [0.2, 0.25) is 0 Å². The van der Waals surface area contributed by atoms with E-state index < -0.39 is 32.9 Å². The van der Waals surface area contributed by atoms with Crippen LogP contribution in [0.5, 0.6) is 5.75 Å². The quantitative estimate of drug-likeness (QED) is 0.842. The molecule has 0 aromatic heterocycles. The van der Waals surface area contributed by atoms with E-state index in [9.17, 15) is 21.6 Å². The molecule has 1 aromatic rings. The summed E-state index contributed by atoms with van der Waals surface area (Å²) >= 11 is 0. The van der Waals surface area contributed by atoms with Crippen LogP contribution in [0.25, 0.3) is 0 Å². The minimum Gasteiger partial charge on any atom is -0.489 e. The van der Waals surface area contributed by atoms with Crippen LogP contribution in [0.15, 0.2) is 24.3 Å². The minimum absolute atomic E-state index is 0.0146. The van der Waals surface area contributed by atoms with E-state index in [2.05, 4.69) is 5.32 Å². The minimum atomic E-state index is -4.41. The van der Waals surface area contributed by atoms with Gasteiger partial charge in [0.2, 0.25) is 0 Å². The van der Waals surface area contributed by atoms with Gasteiger partial charge < -0.3 is 10.1 Å². The number of alkyl halides is 3. The second kappa shape index (κ2) is 7.31. The number of ether oxygens (including phenoxy) is 1. The summed E-state index contributed by atoms with van der Waals surface area (Å²) in [7, 11) is -3.32. The molecule has 8 heteroatoms. The number of hydrogen-bond acceptors (Lipinski definition) is 4. The zero-order valence-corrected chi connectivity index (χ0v) is 14.5. The molecule has 4 nitrogen and oxygen atoms in total. The van der Waals surface area contributed by atoms with Crippen LogP contribution >= 0.6 is 0 Å².